The molecule has 6 atom stereocenters. The van der Waals surface area contributed by atoms with Crippen molar-refractivity contribution in [1.82, 2.24) is 0 Å². The van der Waals surface area contributed by atoms with Gasteiger partial charge in [-0.1, -0.05) is 216 Å². The minimum Gasteiger partial charge on any atom is -0.479 e. The number of carboxylic acids is 1. The molecule has 12 heteroatoms. The van der Waals surface area contributed by atoms with Gasteiger partial charge in [-0.05, 0) is 89.9 Å². The first-order valence-electron chi connectivity index (χ1n) is 29.9. The zero-order chi connectivity index (χ0) is 54.7. The van der Waals surface area contributed by atoms with Gasteiger partial charge in [0.05, 0.1) is 6.61 Å². The third kappa shape index (κ3) is 41.0. The monoisotopic (exact) mass is 1050 g/mol. The Morgan fingerprint density at radius 3 is 1.33 bits per heavy atom. The molecule has 75 heavy (non-hydrogen) atoms. The summed E-state index contributed by atoms with van der Waals surface area (Å²) in [5, 5.41) is 31.5. The van der Waals surface area contributed by atoms with Gasteiger partial charge in [-0.3, -0.25) is 14.4 Å². The summed E-state index contributed by atoms with van der Waals surface area (Å²) in [4.78, 5) is 51.1. The van der Waals surface area contributed by atoms with Crippen LogP contribution in [0, 0.1) is 0 Å². The molecule has 12 nitrogen and oxygen atoms in total. The van der Waals surface area contributed by atoms with Crippen molar-refractivity contribution < 1.29 is 58.2 Å². The highest BCUT2D eigenvalue weighted by Crippen LogP contribution is 2.26. The number of hydrogen-bond acceptors (Lipinski definition) is 11. The van der Waals surface area contributed by atoms with Crippen LogP contribution in [0.1, 0.15) is 252 Å². The summed E-state index contributed by atoms with van der Waals surface area (Å²) in [6, 6.07) is 0. The predicted molar refractivity (Wildman–Crippen MR) is 303 cm³/mol. The van der Waals surface area contributed by atoms with Crippen molar-refractivity contribution in [3.8, 4) is 0 Å². The third-order valence-corrected chi connectivity index (χ3v) is 13.3. The molecule has 0 bridgehead atoms. The van der Waals surface area contributed by atoms with Crippen LogP contribution < -0.4 is 0 Å². The molecule has 6 unspecified atom stereocenters. The number of rotatable bonds is 50. The molecule has 0 aromatic rings. The van der Waals surface area contributed by atoms with Crippen LogP contribution in [-0.2, 0) is 42.9 Å². The van der Waals surface area contributed by atoms with Crippen molar-refractivity contribution in [3.05, 3.63) is 72.9 Å². The molecule has 0 radical (unpaired) electrons. The summed E-state index contributed by atoms with van der Waals surface area (Å²) in [7, 11) is 0. The van der Waals surface area contributed by atoms with Crippen molar-refractivity contribution in [2.24, 2.45) is 0 Å². The third-order valence-electron chi connectivity index (χ3n) is 13.3. The minimum atomic E-state index is -1.91. The Morgan fingerprint density at radius 2 is 0.840 bits per heavy atom. The van der Waals surface area contributed by atoms with Crippen LogP contribution in [0.5, 0.6) is 0 Å². The van der Waals surface area contributed by atoms with Crippen LogP contribution in [0.2, 0.25) is 0 Å². The number of aliphatic hydroxyl groups is 2. The lowest BCUT2D eigenvalue weighted by Gasteiger charge is -2.40. The average Bonchev–Trinajstić information content (AvgIpc) is 3.39. The maximum absolute atomic E-state index is 13.1. The number of carboxylic acid groups (broad SMARTS) is 1. The van der Waals surface area contributed by atoms with Gasteiger partial charge >= 0.3 is 23.9 Å². The number of ether oxygens (including phenoxy) is 5. The van der Waals surface area contributed by atoms with Crippen LogP contribution in [0.4, 0.5) is 0 Å². The standard InChI is InChI=1S/C63H106O12/c1-4-7-10-13-16-19-22-25-28-31-34-37-40-43-46-49-55(64)71-52-54(73-56(65)50-47-44-41-38-35-32-29-26-23-20-17-14-11-8-5-2)53-72-63-61(59(68)58(67)60(75-63)62(69)70)74-57(66)51-48-45-42-39-36-33-30-27-24-21-18-15-12-9-6-3/h7,10,16-17,19-20,25-26,28-29,34,37,54,58-61,63,67-68H,4-6,8-9,11-15,18,21-24,27,30-33,35-36,38-53H2,1-3H3,(H,69,70)/b10-7-,19-16-,20-17-,28-25-,29-26-,37-34-. The van der Waals surface area contributed by atoms with E-state index >= 15 is 0 Å². The van der Waals surface area contributed by atoms with Gasteiger partial charge in [0.1, 0.15) is 18.8 Å². The van der Waals surface area contributed by atoms with Gasteiger partial charge in [0.2, 0.25) is 0 Å². The number of unbranched alkanes of at least 4 members (excludes halogenated alkanes) is 24. The summed E-state index contributed by atoms with van der Waals surface area (Å²) >= 11 is 0. The minimum absolute atomic E-state index is 0.0560. The Labute approximate surface area is 455 Å². The highest BCUT2D eigenvalue weighted by molar-refractivity contribution is 5.74. The summed E-state index contributed by atoms with van der Waals surface area (Å²) in [5.74, 6) is -3.19. The maximum atomic E-state index is 13.1. The van der Waals surface area contributed by atoms with Gasteiger partial charge < -0.3 is 39.0 Å². The number of allylic oxidation sites excluding steroid dienone is 12. The molecule has 1 saturated heterocycles. The molecule has 0 spiro atoms. The highest BCUT2D eigenvalue weighted by atomic mass is 16.7. The molecular weight excluding hydrogens is 949 g/mol. The zero-order valence-electron chi connectivity index (χ0n) is 47.3. The Hall–Kier alpha value is -3.84. The zero-order valence-corrected chi connectivity index (χ0v) is 47.3. The van der Waals surface area contributed by atoms with Crippen LogP contribution in [0.25, 0.3) is 0 Å². The second-order valence-electron chi connectivity index (χ2n) is 20.3. The molecule has 0 amide bonds. The second kappa shape index (κ2) is 50.9. The van der Waals surface area contributed by atoms with E-state index in [-0.39, 0.29) is 25.9 Å². The Balaban J connectivity index is 2.73. The van der Waals surface area contributed by atoms with E-state index in [0.717, 1.165) is 109 Å². The number of esters is 3. The fourth-order valence-corrected chi connectivity index (χ4v) is 8.68. The van der Waals surface area contributed by atoms with E-state index in [0.29, 0.717) is 19.3 Å². The maximum Gasteiger partial charge on any atom is 0.335 e. The number of carbonyl (C=O) groups is 4. The molecule has 0 saturated carbocycles. The molecule has 1 aliphatic rings. The fraction of sp³-hybridized carbons (Fsp3) is 0.746. The van der Waals surface area contributed by atoms with E-state index in [1.54, 1.807) is 0 Å². The van der Waals surface area contributed by atoms with Crippen molar-refractivity contribution in [1.29, 1.82) is 0 Å². The van der Waals surface area contributed by atoms with Gasteiger partial charge in [-0.2, -0.15) is 0 Å². The van der Waals surface area contributed by atoms with Gasteiger partial charge in [0.25, 0.3) is 0 Å². The van der Waals surface area contributed by atoms with Crippen LogP contribution >= 0.6 is 0 Å². The largest absolute Gasteiger partial charge is 0.479 e. The van der Waals surface area contributed by atoms with E-state index in [4.69, 9.17) is 23.7 Å². The second-order valence-corrected chi connectivity index (χ2v) is 20.3. The van der Waals surface area contributed by atoms with Gasteiger partial charge in [-0.15, -0.1) is 0 Å². The van der Waals surface area contributed by atoms with E-state index < -0.39 is 67.3 Å². The first-order valence-corrected chi connectivity index (χ1v) is 29.9. The molecule has 430 valence electrons. The van der Waals surface area contributed by atoms with Crippen LogP contribution in [0.15, 0.2) is 72.9 Å². The molecule has 1 fully saturated rings. The summed E-state index contributed by atoms with van der Waals surface area (Å²) in [6.45, 7) is 5.81. The number of carbonyl (C=O) groups excluding carboxylic acids is 3. The van der Waals surface area contributed by atoms with Crippen molar-refractivity contribution in [2.45, 2.75) is 289 Å². The molecular formula is C63H106O12. The molecule has 0 aromatic carbocycles. The van der Waals surface area contributed by atoms with Crippen molar-refractivity contribution in [2.75, 3.05) is 13.2 Å². The molecule has 0 aromatic heterocycles. The van der Waals surface area contributed by atoms with E-state index in [9.17, 15) is 34.5 Å². The van der Waals surface area contributed by atoms with E-state index in [2.05, 4.69) is 93.7 Å². The molecule has 1 aliphatic heterocycles. The first-order chi connectivity index (χ1) is 36.6. The topological polar surface area (TPSA) is 175 Å². The Bertz CT molecular complexity index is 1580. The van der Waals surface area contributed by atoms with E-state index in [1.807, 2.05) is 0 Å². The SMILES string of the molecule is CC/C=C\C/C=C\C/C=C\C/C=C\CCCCC(=O)OCC(COC1OC(C(=O)O)C(O)C(O)C1OC(=O)CCCCCCCCCCCCCCCCC)OC(=O)CCCCCCC/C=C\C/C=C\CCCCC. The number of hydrogen-bond donors (Lipinski definition) is 3. The van der Waals surface area contributed by atoms with E-state index in [1.165, 1.54) is 83.5 Å². The lowest BCUT2D eigenvalue weighted by atomic mass is 9.98. The quantitative estimate of drug-likeness (QED) is 0.0228. The van der Waals surface area contributed by atoms with Crippen molar-refractivity contribution >= 4 is 23.9 Å². The molecule has 3 N–H and O–H groups in total. The molecule has 0 aliphatic carbocycles. The normalized spacial score (nSPS) is 18.7. The fourth-order valence-electron chi connectivity index (χ4n) is 8.68. The lowest BCUT2D eigenvalue weighted by Crippen LogP contribution is -2.61. The Kier molecular flexibility index (Phi) is 47.0. The molecule has 1 heterocycles. The van der Waals surface area contributed by atoms with Crippen LogP contribution in [-0.4, -0.2) is 89.2 Å². The van der Waals surface area contributed by atoms with Gasteiger partial charge in [-0.25, -0.2) is 4.79 Å². The summed E-state index contributed by atoms with van der Waals surface area (Å²) in [6.07, 6.45) is 51.5. The number of aliphatic hydroxyl groups excluding tert-OH is 2. The summed E-state index contributed by atoms with van der Waals surface area (Å²) in [5.41, 5.74) is 0. The summed E-state index contributed by atoms with van der Waals surface area (Å²) < 4.78 is 28.4. The smallest absolute Gasteiger partial charge is 0.335 e. The highest BCUT2D eigenvalue weighted by Gasteiger charge is 2.50. The predicted octanol–water partition coefficient (Wildman–Crippen LogP) is 15.3. The average molecular weight is 1060 g/mol. The first kappa shape index (κ1) is 69.2. The number of aliphatic carboxylic acids is 1. The Morgan fingerprint density at radius 1 is 0.453 bits per heavy atom. The molecule has 1 rings (SSSR count). The van der Waals surface area contributed by atoms with Crippen LogP contribution in [0.3, 0.4) is 0 Å². The lowest BCUT2D eigenvalue weighted by molar-refractivity contribution is -0.301. The van der Waals surface area contributed by atoms with Crippen molar-refractivity contribution in [3.63, 3.8) is 0 Å². The van der Waals surface area contributed by atoms with Gasteiger partial charge in [0, 0.05) is 19.3 Å². The van der Waals surface area contributed by atoms with Gasteiger partial charge in [0.15, 0.2) is 24.6 Å².